The van der Waals surface area contributed by atoms with E-state index in [4.69, 9.17) is 25.8 Å². The van der Waals surface area contributed by atoms with Crippen molar-refractivity contribution in [2.24, 2.45) is 5.92 Å². The summed E-state index contributed by atoms with van der Waals surface area (Å²) in [5.74, 6) is 1.27. The van der Waals surface area contributed by atoms with Crippen molar-refractivity contribution in [2.45, 2.75) is 142 Å². The van der Waals surface area contributed by atoms with E-state index >= 15 is 0 Å². The first kappa shape index (κ1) is 34.2. The predicted molar refractivity (Wildman–Crippen MR) is 150 cm³/mol. The molecule has 206 valence electrons. The zero-order valence-corrected chi connectivity index (χ0v) is 24.0. The van der Waals surface area contributed by atoms with Crippen LogP contribution in [0.3, 0.4) is 0 Å². The van der Waals surface area contributed by atoms with Gasteiger partial charge in [-0.15, -0.1) is 11.6 Å². The molecule has 0 aromatic heterocycles. The lowest BCUT2D eigenvalue weighted by atomic mass is 9.94. The highest BCUT2D eigenvalue weighted by molar-refractivity contribution is 6.17. The molecule has 3 nitrogen and oxygen atoms in total. The molecule has 0 saturated heterocycles. The standard InChI is InChI=1S/C30H61ClO3/c1-3-5-7-9-11-13-14-16-18-20-22-30(21-19-17-15-12-10-8-6-4-2)29-34-28-27-33-26-25-32-24-23-31/h30H,3-29H2,1-2H3. The Morgan fingerprint density at radius 2 is 0.794 bits per heavy atom. The van der Waals surface area contributed by atoms with Gasteiger partial charge in [0, 0.05) is 12.5 Å². The Morgan fingerprint density at radius 3 is 1.21 bits per heavy atom. The van der Waals surface area contributed by atoms with Gasteiger partial charge < -0.3 is 14.2 Å². The lowest BCUT2D eigenvalue weighted by Crippen LogP contribution is -2.14. The lowest BCUT2D eigenvalue weighted by molar-refractivity contribution is 0.00771. The van der Waals surface area contributed by atoms with E-state index in [1.807, 2.05) is 0 Å². The van der Waals surface area contributed by atoms with Gasteiger partial charge in [-0.25, -0.2) is 0 Å². The van der Waals surface area contributed by atoms with Gasteiger partial charge in [0.25, 0.3) is 0 Å². The zero-order chi connectivity index (χ0) is 24.8. The third kappa shape index (κ3) is 28.4. The maximum atomic E-state index is 6.00. The van der Waals surface area contributed by atoms with E-state index in [2.05, 4.69) is 13.8 Å². The van der Waals surface area contributed by atoms with Crippen molar-refractivity contribution in [3.63, 3.8) is 0 Å². The van der Waals surface area contributed by atoms with Gasteiger partial charge in [-0.3, -0.25) is 0 Å². The van der Waals surface area contributed by atoms with Gasteiger partial charge in [0.1, 0.15) is 0 Å². The summed E-state index contributed by atoms with van der Waals surface area (Å²) in [6.45, 7) is 8.69. The summed E-state index contributed by atoms with van der Waals surface area (Å²) in [5, 5.41) is 0. The Kier molecular flexibility index (Phi) is 31.4. The Balaban J connectivity index is 3.84. The molecule has 0 aromatic carbocycles. The molecule has 1 atom stereocenters. The number of halogens is 1. The first-order valence-electron chi connectivity index (χ1n) is 15.1. The topological polar surface area (TPSA) is 27.7 Å². The third-order valence-corrected chi connectivity index (χ3v) is 6.91. The maximum Gasteiger partial charge on any atom is 0.0701 e. The molecule has 4 heteroatoms. The minimum Gasteiger partial charge on any atom is -0.379 e. The Hall–Kier alpha value is 0.170. The smallest absolute Gasteiger partial charge is 0.0701 e. The summed E-state index contributed by atoms with van der Waals surface area (Å²) >= 11 is 5.59. The molecule has 34 heavy (non-hydrogen) atoms. The summed E-state index contributed by atoms with van der Waals surface area (Å²) in [6, 6.07) is 0. The number of rotatable bonds is 30. The summed E-state index contributed by atoms with van der Waals surface area (Å²) < 4.78 is 16.9. The van der Waals surface area contributed by atoms with Gasteiger partial charge in [-0.2, -0.15) is 0 Å². The summed E-state index contributed by atoms with van der Waals surface area (Å²) in [7, 11) is 0. The van der Waals surface area contributed by atoms with E-state index in [-0.39, 0.29) is 0 Å². The van der Waals surface area contributed by atoms with Crippen LogP contribution in [0, 0.1) is 5.92 Å². The molecule has 0 aliphatic heterocycles. The van der Waals surface area contributed by atoms with Gasteiger partial charge in [0.15, 0.2) is 0 Å². The SMILES string of the molecule is CCCCCCCCCCCCC(CCCCCCCCCC)COCCOCCOCCCl. The van der Waals surface area contributed by atoms with Crippen LogP contribution in [0.15, 0.2) is 0 Å². The molecule has 0 aromatic rings. The molecule has 0 N–H and O–H groups in total. The van der Waals surface area contributed by atoms with Crippen LogP contribution in [-0.4, -0.2) is 45.5 Å². The van der Waals surface area contributed by atoms with Gasteiger partial charge in [-0.1, -0.05) is 129 Å². The molecule has 0 heterocycles. The maximum absolute atomic E-state index is 6.00. The first-order valence-corrected chi connectivity index (χ1v) is 15.7. The fraction of sp³-hybridized carbons (Fsp3) is 1.00. The van der Waals surface area contributed by atoms with Crippen molar-refractivity contribution in [1.82, 2.24) is 0 Å². The summed E-state index contributed by atoms with van der Waals surface area (Å²) in [4.78, 5) is 0. The monoisotopic (exact) mass is 504 g/mol. The third-order valence-electron chi connectivity index (χ3n) is 6.75. The van der Waals surface area contributed by atoms with Crippen molar-refractivity contribution in [3.8, 4) is 0 Å². The molecule has 0 aliphatic rings. The van der Waals surface area contributed by atoms with Crippen LogP contribution in [0.4, 0.5) is 0 Å². The minimum absolute atomic E-state index is 0.544. The molecule has 0 radical (unpaired) electrons. The number of ether oxygens (including phenoxy) is 3. The van der Waals surface area contributed by atoms with E-state index in [1.54, 1.807) is 0 Å². The summed E-state index contributed by atoms with van der Waals surface area (Å²) in [6.07, 6.45) is 28.0. The van der Waals surface area contributed by atoms with Crippen LogP contribution in [0.2, 0.25) is 0 Å². The molecule has 1 unspecified atom stereocenters. The molecular weight excluding hydrogens is 444 g/mol. The van der Waals surface area contributed by atoms with Gasteiger partial charge in [0.05, 0.1) is 33.0 Å². The molecule has 0 saturated carbocycles. The van der Waals surface area contributed by atoms with E-state index < -0.39 is 0 Å². The van der Waals surface area contributed by atoms with Crippen molar-refractivity contribution in [2.75, 3.05) is 45.5 Å². The molecule has 0 fully saturated rings. The Labute approximate surface area is 219 Å². The van der Waals surface area contributed by atoms with Crippen molar-refractivity contribution >= 4 is 11.6 Å². The lowest BCUT2D eigenvalue weighted by Gasteiger charge is -2.17. The summed E-state index contributed by atoms with van der Waals surface area (Å²) in [5.41, 5.74) is 0. The highest BCUT2D eigenvalue weighted by Crippen LogP contribution is 2.20. The molecule has 0 rings (SSSR count). The van der Waals surface area contributed by atoms with Crippen LogP contribution in [0.5, 0.6) is 0 Å². The molecular formula is C30H61ClO3. The van der Waals surface area contributed by atoms with Gasteiger partial charge in [0.2, 0.25) is 0 Å². The number of unbranched alkanes of at least 4 members (excludes halogenated alkanes) is 16. The van der Waals surface area contributed by atoms with E-state index in [1.165, 1.54) is 128 Å². The van der Waals surface area contributed by atoms with Crippen LogP contribution in [0.1, 0.15) is 142 Å². The minimum atomic E-state index is 0.544. The second kappa shape index (κ2) is 31.2. The molecule has 0 amide bonds. The van der Waals surface area contributed by atoms with Gasteiger partial charge in [-0.05, 0) is 18.8 Å². The van der Waals surface area contributed by atoms with Crippen molar-refractivity contribution in [3.05, 3.63) is 0 Å². The zero-order valence-electron chi connectivity index (χ0n) is 23.3. The first-order chi connectivity index (χ1) is 16.8. The number of hydrogen-bond donors (Lipinski definition) is 0. The molecule has 0 spiro atoms. The van der Waals surface area contributed by atoms with E-state index in [0.29, 0.717) is 38.9 Å². The largest absolute Gasteiger partial charge is 0.379 e. The van der Waals surface area contributed by atoms with Crippen molar-refractivity contribution < 1.29 is 14.2 Å². The van der Waals surface area contributed by atoms with Crippen LogP contribution in [-0.2, 0) is 14.2 Å². The highest BCUT2D eigenvalue weighted by Gasteiger charge is 2.09. The fourth-order valence-corrected chi connectivity index (χ4v) is 4.65. The number of hydrogen-bond acceptors (Lipinski definition) is 3. The van der Waals surface area contributed by atoms with Crippen LogP contribution >= 0.6 is 11.6 Å². The Morgan fingerprint density at radius 1 is 0.441 bits per heavy atom. The normalized spacial score (nSPS) is 12.4. The van der Waals surface area contributed by atoms with Gasteiger partial charge >= 0.3 is 0 Å². The number of alkyl halides is 1. The van der Waals surface area contributed by atoms with Crippen LogP contribution < -0.4 is 0 Å². The second-order valence-corrected chi connectivity index (χ2v) is 10.5. The Bertz CT molecular complexity index is 354. The van der Waals surface area contributed by atoms with Crippen molar-refractivity contribution in [1.29, 1.82) is 0 Å². The average Bonchev–Trinajstić information content (AvgIpc) is 2.85. The molecule has 0 aliphatic carbocycles. The predicted octanol–water partition coefficient (Wildman–Crippen LogP) is 9.73. The highest BCUT2D eigenvalue weighted by atomic mass is 35.5. The van der Waals surface area contributed by atoms with E-state index in [9.17, 15) is 0 Å². The second-order valence-electron chi connectivity index (χ2n) is 10.1. The fourth-order valence-electron chi connectivity index (χ4n) is 4.54. The molecule has 0 bridgehead atoms. The van der Waals surface area contributed by atoms with E-state index in [0.717, 1.165) is 12.5 Å². The quantitative estimate of drug-likeness (QED) is 0.0719. The van der Waals surface area contributed by atoms with Crippen LogP contribution in [0.25, 0.3) is 0 Å². The average molecular weight is 505 g/mol.